The van der Waals surface area contributed by atoms with Crippen molar-refractivity contribution < 1.29 is 8.78 Å². The van der Waals surface area contributed by atoms with Crippen molar-refractivity contribution >= 4 is 5.69 Å². The Kier molecular flexibility index (Phi) is 3.01. The highest BCUT2D eigenvalue weighted by Crippen LogP contribution is 2.20. The first-order valence-corrected chi connectivity index (χ1v) is 4.82. The van der Waals surface area contributed by atoms with E-state index in [1.54, 1.807) is 18.3 Å². The number of hydrogen-bond donors (Lipinski definition) is 2. The number of anilines is 1. The fourth-order valence-corrected chi connectivity index (χ4v) is 1.37. The van der Waals surface area contributed by atoms with Gasteiger partial charge in [0.05, 0.1) is 23.9 Å². The molecule has 0 radical (unpaired) electrons. The van der Waals surface area contributed by atoms with Crippen molar-refractivity contribution in [3.05, 3.63) is 47.3 Å². The number of hydrogen-bond acceptors (Lipinski definition) is 3. The fourth-order valence-electron chi connectivity index (χ4n) is 1.37. The van der Waals surface area contributed by atoms with Crippen LogP contribution >= 0.6 is 0 Å². The molecule has 4 nitrogen and oxygen atoms in total. The zero-order chi connectivity index (χ0) is 12.3. The predicted octanol–water partition coefficient (Wildman–Crippen LogP) is 2.17. The lowest BCUT2D eigenvalue weighted by Crippen LogP contribution is -2.04. The second-order valence-electron chi connectivity index (χ2n) is 3.36. The van der Waals surface area contributed by atoms with Crippen LogP contribution in [0.4, 0.5) is 14.5 Å². The van der Waals surface area contributed by atoms with E-state index in [1.807, 2.05) is 0 Å². The molecular weight excluding hydrogens is 226 g/mol. The minimum atomic E-state index is -0.791. The number of rotatable bonds is 3. The quantitative estimate of drug-likeness (QED) is 0.855. The van der Waals surface area contributed by atoms with E-state index in [4.69, 9.17) is 5.26 Å². The normalized spacial score (nSPS) is 9.94. The first-order chi connectivity index (χ1) is 8.20. The Labute approximate surface area is 95.9 Å². The fraction of sp³-hybridized carbons (Fsp3) is 0.0909. The minimum Gasteiger partial charge on any atom is -0.375 e. The van der Waals surface area contributed by atoms with E-state index >= 15 is 0 Å². The van der Waals surface area contributed by atoms with Gasteiger partial charge in [0.2, 0.25) is 0 Å². The Hall–Kier alpha value is -2.42. The zero-order valence-electron chi connectivity index (χ0n) is 8.67. The van der Waals surface area contributed by atoms with Crippen LogP contribution in [0.15, 0.2) is 24.4 Å². The molecule has 0 unspecified atom stereocenters. The number of nitriles is 1. The van der Waals surface area contributed by atoms with Gasteiger partial charge in [0.25, 0.3) is 0 Å². The average molecular weight is 234 g/mol. The number of nitrogens with one attached hydrogen (secondary N) is 2. The van der Waals surface area contributed by atoms with Gasteiger partial charge in [0, 0.05) is 6.20 Å². The monoisotopic (exact) mass is 234 g/mol. The molecule has 1 aromatic carbocycles. The van der Waals surface area contributed by atoms with Crippen LogP contribution in [-0.2, 0) is 6.54 Å². The summed E-state index contributed by atoms with van der Waals surface area (Å²) < 4.78 is 26.9. The van der Waals surface area contributed by atoms with Crippen LogP contribution in [0.5, 0.6) is 0 Å². The highest BCUT2D eigenvalue weighted by atomic mass is 19.1. The summed E-state index contributed by atoms with van der Waals surface area (Å²) >= 11 is 0. The molecule has 0 atom stereocenters. The highest BCUT2D eigenvalue weighted by Gasteiger charge is 2.10. The van der Waals surface area contributed by atoms with Gasteiger partial charge in [-0.2, -0.15) is 10.4 Å². The molecule has 0 amide bonds. The molecule has 1 aromatic heterocycles. The molecule has 0 bridgehead atoms. The van der Waals surface area contributed by atoms with Crippen molar-refractivity contribution in [1.29, 1.82) is 5.26 Å². The van der Waals surface area contributed by atoms with Crippen molar-refractivity contribution in [2.45, 2.75) is 6.54 Å². The van der Waals surface area contributed by atoms with E-state index in [9.17, 15) is 8.78 Å². The Balaban J connectivity index is 2.19. The van der Waals surface area contributed by atoms with E-state index in [2.05, 4.69) is 15.5 Å². The summed E-state index contributed by atoms with van der Waals surface area (Å²) in [6, 6.07) is 5.34. The van der Waals surface area contributed by atoms with Crippen molar-refractivity contribution in [1.82, 2.24) is 10.2 Å². The lowest BCUT2D eigenvalue weighted by Gasteiger charge is -2.07. The summed E-state index contributed by atoms with van der Waals surface area (Å²) in [6.45, 7) is 0.222. The summed E-state index contributed by atoms with van der Waals surface area (Å²) in [4.78, 5) is 0. The molecule has 6 heteroatoms. The number of nitrogens with zero attached hydrogens (tertiary/aromatic N) is 2. The molecule has 0 aliphatic rings. The van der Waals surface area contributed by atoms with Crippen molar-refractivity contribution in [3.8, 4) is 6.07 Å². The topological polar surface area (TPSA) is 64.5 Å². The van der Waals surface area contributed by atoms with Gasteiger partial charge in [-0.1, -0.05) is 0 Å². The molecule has 17 heavy (non-hydrogen) atoms. The van der Waals surface area contributed by atoms with Crippen LogP contribution in [-0.4, -0.2) is 10.2 Å². The average Bonchev–Trinajstić information content (AvgIpc) is 2.80. The molecule has 86 valence electrons. The molecule has 0 aliphatic carbocycles. The van der Waals surface area contributed by atoms with Gasteiger partial charge in [-0.3, -0.25) is 5.10 Å². The molecule has 0 fully saturated rings. The van der Waals surface area contributed by atoms with Gasteiger partial charge in [-0.05, 0) is 18.2 Å². The Morgan fingerprint density at radius 3 is 2.59 bits per heavy atom. The second-order valence-corrected chi connectivity index (χ2v) is 3.36. The third kappa shape index (κ3) is 2.39. The standard InChI is InChI=1S/C11H8F2N4/c12-9-3-7(5-14)4-10(13)11(9)15-6-8-1-2-16-17-8/h1-4,15H,6H2,(H,16,17). The molecule has 0 saturated carbocycles. The van der Waals surface area contributed by atoms with Crippen molar-refractivity contribution in [3.63, 3.8) is 0 Å². The number of benzene rings is 1. The molecule has 2 N–H and O–H groups in total. The minimum absolute atomic E-state index is 0.0490. The first kappa shape index (κ1) is 11.1. The Morgan fingerprint density at radius 2 is 2.06 bits per heavy atom. The van der Waals surface area contributed by atoms with E-state index in [0.29, 0.717) is 5.69 Å². The van der Waals surface area contributed by atoms with Crippen LogP contribution in [0.25, 0.3) is 0 Å². The Morgan fingerprint density at radius 1 is 1.35 bits per heavy atom. The van der Waals surface area contributed by atoms with Gasteiger partial charge in [0.15, 0.2) is 11.6 Å². The molecule has 1 heterocycles. The zero-order valence-corrected chi connectivity index (χ0v) is 8.67. The number of aromatic amines is 1. The van der Waals surface area contributed by atoms with E-state index in [0.717, 1.165) is 12.1 Å². The van der Waals surface area contributed by atoms with E-state index in [-0.39, 0.29) is 17.8 Å². The molecule has 0 spiro atoms. The lowest BCUT2D eigenvalue weighted by molar-refractivity contribution is 0.587. The maximum absolute atomic E-state index is 13.4. The lowest BCUT2D eigenvalue weighted by atomic mass is 10.2. The summed E-state index contributed by atoms with van der Waals surface area (Å²) in [7, 11) is 0. The summed E-state index contributed by atoms with van der Waals surface area (Å²) in [5.41, 5.74) is 0.402. The number of H-pyrrole nitrogens is 1. The van der Waals surface area contributed by atoms with Gasteiger partial charge >= 0.3 is 0 Å². The van der Waals surface area contributed by atoms with Gasteiger partial charge < -0.3 is 5.32 Å². The third-order valence-corrected chi connectivity index (χ3v) is 2.19. The molecule has 0 saturated heterocycles. The molecule has 0 aliphatic heterocycles. The van der Waals surface area contributed by atoms with Crippen LogP contribution in [0, 0.1) is 23.0 Å². The largest absolute Gasteiger partial charge is 0.375 e. The Bertz CT molecular complexity index is 534. The van der Waals surface area contributed by atoms with E-state index in [1.165, 1.54) is 0 Å². The maximum Gasteiger partial charge on any atom is 0.150 e. The van der Waals surface area contributed by atoms with Crippen molar-refractivity contribution in [2.24, 2.45) is 0 Å². The van der Waals surface area contributed by atoms with Crippen LogP contribution in [0.1, 0.15) is 11.3 Å². The smallest absolute Gasteiger partial charge is 0.150 e. The summed E-state index contributed by atoms with van der Waals surface area (Å²) in [5.74, 6) is -1.58. The van der Waals surface area contributed by atoms with Gasteiger partial charge in [-0.25, -0.2) is 8.78 Å². The maximum atomic E-state index is 13.4. The number of halogens is 2. The van der Waals surface area contributed by atoms with E-state index < -0.39 is 11.6 Å². The van der Waals surface area contributed by atoms with Gasteiger partial charge in [-0.15, -0.1) is 0 Å². The SMILES string of the molecule is N#Cc1cc(F)c(NCc2ccn[nH]2)c(F)c1. The van der Waals surface area contributed by atoms with Crippen LogP contribution in [0.2, 0.25) is 0 Å². The molecule has 2 aromatic rings. The van der Waals surface area contributed by atoms with Gasteiger partial charge in [0.1, 0.15) is 5.69 Å². The second kappa shape index (κ2) is 4.61. The third-order valence-electron chi connectivity index (χ3n) is 2.19. The first-order valence-electron chi connectivity index (χ1n) is 4.82. The summed E-state index contributed by atoms with van der Waals surface area (Å²) in [6.07, 6.45) is 1.54. The molecule has 2 rings (SSSR count). The summed E-state index contributed by atoms with van der Waals surface area (Å²) in [5, 5.41) is 17.5. The predicted molar refractivity (Wildman–Crippen MR) is 57.0 cm³/mol. The van der Waals surface area contributed by atoms with Crippen molar-refractivity contribution in [2.75, 3.05) is 5.32 Å². The molecular formula is C11H8F2N4. The van der Waals surface area contributed by atoms with Crippen LogP contribution in [0.3, 0.4) is 0 Å². The number of aromatic nitrogens is 2. The van der Waals surface area contributed by atoms with Crippen LogP contribution < -0.4 is 5.32 Å². The highest BCUT2D eigenvalue weighted by molar-refractivity contribution is 5.50.